The Morgan fingerprint density at radius 3 is 2.14 bits per heavy atom. The van der Waals surface area contributed by atoms with Gasteiger partial charge in [-0.1, -0.05) is 44.3 Å². The Hall–Kier alpha value is -1.52. The zero-order valence-corrected chi connectivity index (χ0v) is 13.0. The molecule has 21 heavy (non-hydrogen) atoms. The molecule has 0 rings (SSSR count). The molecule has 0 aliphatic rings. The van der Waals surface area contributed by atoms with Gasteiger partial charge in [-0.05, 0) is 26.2 Å². The number of carboxylic acids is 1. The summed E-state index contributed by atoms with van der Waals surface area (Å²) >= 11 is 0. The number of ether oxygens (including phenoxy) is 2. The molecule has 0 aromatic rings. The second-order valence-corrected chi connectivity index (χ2v) is 4.87. The maximum Gasteiger partial charge on any atom is 0.508 e. The minimum Gasteiger partial charge on any atom is -0.481 e. The third kappa shape index (κ3) is 16.4. The van der Waals surface area contributed by atoms with Crippen molar-refractivity contribution in [2.24, 2.45) is 0 Å². The molecular weight excluding hydrogens is 272 g/mol. The van der Waals surface area contributed by atoms with Crippen LogP contribution in [-0.4, -0.2) is 30.4 Å². The number of aliphatic carboxylic acids is 1. The molecule has 0 fully saturated rings. The van der Waals surface area contributed by atoms with Crippen LogP contribution in [0.3, 0.4) is 0 Å². The van der Waals surface area contributed by atoms with Crippen molar-refractivity contribution in [2.75, 3.05) is 13.2 Å². The molecule has 122 valence electrons. The van der Waals surface area contributed by atoms with E-state index in [1.165, 1.54) is 19.3 Å². The summed E-state index contributed by atoms with van der Waals surface area (Å²) < 4.78 is 9.42. The normalized spacial score (nSPS) is 10.7. The molecule has 1 N–H and O–H groups in total. The van der Waals surface area contributed by atoms with Crippen molar-refractivity contribution in [2.45, 2.75) is 64.7 Å². The number of allylic oxidation sites excluding steroid dienone is 1. The summed E-state index contributed by atoms with van der Waals surface area (Å²) in [6, 6.07) is 0. The fraction of sp³-hybridized carbons (Fsp3) is 0.750. The average Bonchev–Trinajstić information content (AvgIpc) is 2.44. The first-order valence-electron chi connectivity index (χ1n) is 7.83. The molecule has 0 aromatic heterocycles. The molecule has 0 radical (unpaired) electrons. The smallest absolute Gasteiger partial charge is 0.481 e. The van der Waals surface area contributed by atoms with Gasteiger partial charge in [0.05, 0.1) is 6.61 Å². The van der Waals surface area contributed by atoms with Crippen molar-refractivity contribution >= 4 is 12.1 Å². The highest BCUT2D eigenvalue weighted by atomic mass is 16.7. The van der Waals surface area contributed by atoms with Gasteiger partial charge in [0.25, 0.3) is 0 Å². The lowest BCUT2D eigenvalue weighted by molar-refractivity contribution is -0.137. The second-order valence-electron chi connectivity index (χ2n) is 4.87. The highest BCUT2D eigenvalue weighted by molar-refractivity contribution is 5.66. The van der Waals surface area contributed by atoms with Gasteiger partial charge in [0.2, 0.25) is 0 Å². The number of hydrogen-bond acceptors (Lipinski definition) is 4. The molecule has 0 atom stereocenters. The molecule has 0 amide bonds. The van der Waals surface area contributed by atoms with Crippen LogP contribution in [0, 0.1) is 0 Å². The molecule has 0 aliphatic carbocycles. The summed E-state index contributed by atoms with van der Waals surface area (Å²) in [6.45, 7) is 2.34. The van der Waals surface area contributed by atoms with E-state index in [1.54, 1.807) is 6.92 Å². The van der Waals surface area contributed by atoms with Gasteiger partial charge in [-0.25, -0.2) is 4.79 Å². The van der Waals surface area contributed by atoms with Gasteiger partial charge in [0.1, 0.15) is 6.61 Å². The van der Waals surface area contributed by atoms with E-state index in [2.05, 4.69) is 4.74 Å². The number of carbonyl (C=O) groups is 2. The number of hydrogen-bond donors (Lipinski definition) is 1. The minimum atomic E-state index is -0.700. The minimum absolute atomic E-state index is 0.266. The summed E-state index contributed by atoms with van der Waals surface area (Å²) in [7, 11) is 0. The number of rotatable bonds is 13. The zero-order valence-electron chi connectivity index (χ0n) is 13.0. The van der Waals surface area contributed by atoms with E-state index in [-0.39, 0.29) is 6.61 Å². The maximum atomic E-state index is 10.9. The fourth-order valence-electron chi connectivity index (χ4n) is 1.88. The van der Waals surface area contributed by atoms with Gasteiger partial charge in [0.15, 0.2) is 0 Å². The van der Waals surface area contributed by atoms with Crippen LogP contribution in [0.15, 0.2) is 12.2 Å². The lowest BCUT2D eigenvalue weighted by Gasteiger charge is -2.01. The Morgan fingerprint density at radius 1 is 0.905 bits per heavy atom. The summed E-state index contributed by atoms with van der Waals surface area (Å²) in [6.07, 6.45) is 12.1. The van der Waals surface area contributed by atoms with E-state index in [1.807, 2.05) is 12.2 Å². The lowest BCUT2D eigenvalue weighted by atomic mass is 10.1. The molecule has 5 heteroatoms. The van der Waals surface area contributed by atoms with E-state index >= 15 is 0 Å². The lowest BCUT2D eigenvalue weighted by Crippen LogP contribution is -2.06. The summed E-state index contributed by atoms with van der Waals surface area (Å²) in [4.78, 5) is 21.2. The SMILES string of the molecule is CCOC(=O)OC/C=C/CCCCCCCCCC(=O)O. The average molecular weight is 300 g/mol. The first-order chi connectivity index (χ1) is 10.2. The predicted molar refractivity (Wildman–Crippen MR) is 81.3 cm³/mol. The van der Waals surface area contributed by atoms with E-state index in [9.17, 15) is 9.59 Å². The maximum absolute atomic E-state index is 10.9. The molecule has 0 aliphatic heterocycles. The first-order valence-corrected chi connectivity index (χ1v) is 7.83. The van der Waals surface area contributed by atoms with Crippen LogP contribution in [0.1, 0.15) is 64.7 Å². The van der Waals surface area contributed by atoms with Crippen LogP contribution in [0.4, 0.5) is 4.79 Å². The third-order valence-electron chi connectivity index (χ3n) is 2.99. The third-order valence-corrected chi connectivity index (χ3v) is 2.99. The van der Waals surface area contributed by atoms with Crippen molar-refractivity contribution in [1.82, 2.24) is 0 Å². The van der Waals surface area contributed by atoms with Crippen molar-refractivity contribution < 1.29 is 24.2 Å². The van der Waals surface area contributed by atoms with E-state index in [0.29, 0.717) is 13.0 Å². The van der Waals surface area contributed by atoms with Crippen LogP contribution < -0.4 is 0 Å². The first kappa shape index (κ1) is 19.5. The number of unbranched alkanes of at least 4 members (excludes halogenated alkanes) is 7. The largest absolute Gasteiger partial charge is 0.508 e. The molecule has 0 heterocycles. The second kappa shape index (κ2) is 14.9. The molecule has 0 saturated carbocycles. The summed E-state index contributed by atoms with van der Waals surface area (Å²) in [5.74, 6) is -0.700. The molecule has 0 unspecified atom stereocenters. The van der Waals surface area contributed by atoms with Crippen LogP contribution in [0.2, 0.25) is 0 Å². The van der Waals surface area contributed by atoms with Crippen LogP contribution in [0.5, 0.6) is 0 Å². The molecular formula is C16H28O5. The van der Waals surface area contributed by atoms with Gasteiger partial charge >= 0.3 is 12.1 Å². The highest BCUT2D eigenvalue weighted by Crippen LogP contribution is 2.09. The predicted octanol–water partition coefficient (Wildman–Crippen LogP) is 4.31. The van der Waals surface area contributed by atoms with Gasteiger partial charge in [-0.2, -0.15) is 0 Å². The summed E-state index contributed by atoms with van der Waals surface area (Å²) in [5, 5.41) is 8.49. The van der Waals surface area contributed by atoms with Gasteiger partial charge < -0.3 is 14.6 Å². The number of carboxylic acid groups (broad SMARTS) is 1. The molecule has 0 aromatic carbocycles. The van der Waals surface area contributed by atoms with Crippen LogP contribution in [0.25, 0.3) is 0 Å². The molecule has 0 saturated heterocycles. The Labute approximate surface area is 127 Å². The topological polar surface area (TPSA) is 72.8 Å². The van der Waals surface area contributed by atoms with Crippen LogP contribution >= 0.6 is 0 Å². The zero-order chi connectivity index (χ0) is 15.8. The van der Waals surface area contributed by atoms with Gasteiger partial charge in [-0.3, -0.25) is 4.79 Å². The van der Waals surface area contributed by atoms with E-state index < -0.39 is 12.1 Å². The molecule has 0 spiro atoms. The van der Waals surface area contributed by atoms with E-state index in [4.69, 9.17) is 9.84 Å². The van der Waals surface area contributed by atoms with Crippen molar-refractivity contribution in [1.29, 1.82) is 0 Å². The monoisotopic (exact) mass is 300 g/mol. The van der Waals surface area contributed by atoms with Crippen molar-refractivity contribution in [3.8, 4) is 0 Å². The Kier molecular flexibility index (Phi) is 13.8. The summed E-state index contributed by atoms with van der Waals surface area (Å²) in [5.41, 5.74) is 0. The number of carbonyl (C=O) groups excluding carboxylic acids is 1. The van der Waals surface area contributed by atoms with Crippen LogP contribution in [-0.2, 0) is 14.3 Å². The Bertz CT molecular complexity index is 299. The molecule has 0 bridgehead atoms. The standard InChI is InChI=1S/C16H28O5/c1-2-20-16(19)21-14-12-10-8-6-4-3-5-7-9-11-13-15(17)18/h10,12H,2-9,11,13-14H2,1H3,(H,17,18)/b12-10+. The van der Waals surface area contributed by atoms with Crippen molar-refractivity contribution in [3.05, 3.63) is 12.2 Å². The van der Waals surface area contributed by atoms with Gasteiger partial charge in [-0.15, -0.1) is 0 Å². The quantitative estimate of drug-likeness (QED) is 0.312. The highest BCUT2D eigenvalue weighted by Gasteiger charge is 1.98. The van der Waals surface area contributed by atoms with E-state index in [0.717, 1.165) is 32.1 Å². The Balaban J connectivity index is 3.18. The van der Waals surface area contributed by atoms with Crippen molar-refractivity contribution in [3.63, 3.8) is 0 Å². The Morgan fingerprint density at radius 2 is 1.52 bits per heavy atom. The van der Waals surface area contributed by atoms with Gasteiger partial charge in [0, 0.05) is 6.42 Å². The fourth-order valence-corrected chi connectivity index (χ4v) is 1.88. The molecule has 5 nitrogen and oxygen atoms in total.